The lowest BCUT2D eigenvalue weighted by Crippen LogP contribution is -2.18. The molecular formula is C13H16BrFO. The summed E-state index contributed by atoms with van der Waals surface area (Å²) < 4.78 is 18.6. The average Bonchev–Trinajstić information content (AvgIpc) is 2.29. The van der Waals surface area contributed by atoms with E-state index in [0.29, 0.717) is 10.7 Å². The maximum Gasteiger partial charge on any atom is 0.123 e. The van der Waals surface area contributed by atoms with Crippen molar-refractivity contribution >= 4 is 15.9 Å². The first kappa shape index (κ1) is 11.9. The van der Waals surface area contributed by atoms with Crippen LogP contribution in [0.2, 0.25) is 0 Å². The summed E-state index contributed by atoms with van der Waals surface area (Å²) in [5.41, 5.74) is 1.00. The Morgan fingerprint density at radius 3 is 2.75 bits per heavy atom. The Morgan fingerprint density at radius 2 is 2.06 bits per heavy atom. The molecule has 0 amide bonds. The van der Waals surface area contributed by atoms with Crippen LogP contribution in [0.4, 0.5) is 4.39 Å². The Hall–Kier alpha value is -0.570. The molecule has 2 unspecified atom stereocenters. The van der Waals surface area contributed by atoms with Crippen LogP contribution in [0.15, 0.2) is 18.2 Å². The van der Waals surface area contributed by atoms with Gasteiger partial charge in [0.05, 0.1) is 7.11 Å². The minimum absolute atomic E-state index is 0.180. The maximum atomic E-state index is 13.3. The van der Waals surface area contributed by atoms with E-state index in [0.717, 1.165) is 24.2 Å². The van der Waals surface area contributed by atoms with Gasteiger partial charge in [0, 0.05) is 16.3 Å². The van der Waals surface area contributed by atoms with Gasteiger partial charge in [-0.05, 0) is 31.0 Å². The van der Waals surface area contributed by atoms with Crippen molar-refractivity contribution in [2.45, 2.75) is 36.4 Å². The SMILES string of the molecule is COc1ccc(F)cc1C1CCCCC1Br. The largest absolute Gasteiger partial charge is 0.496 e. The number of hydrogen-bond acceptors (Lipinski definition) is 1. The average molecular weight is 287 g/mol. The molecule has 1 fully saturated rings. The van der Waals surface area contributed by atoms with Crippen LogP contribution in [0, 0.1) is 5.82 Å². The molecule has 1 aromatic rings. The molecule has 1 aromatic carbocycles. The number of rotatable bonds is 2. The van der Waals surface area contributed by atoms with Gasteiger partial charge in [0.15, 0.2) is 0 Å². The first-order valence-corrected chi connectivity index (χ1v) is 6.61. The third kappa shape index (κ3) is 2.40. The van der Waals surface area contributed by atoms with Crippen molar-refractivity contribution in [2.24, 2.45) is 0 Å². The van der Waals surface area contributed by atoms with Gasteiger partial charge in [-0.3, -0.25) is 0 Å². The molecule has 2 rings (SSSR count). The Labute approximate surface area is 104 Å². The zero-order valence-electron chi connectivity index (χ0n) is 9.38. The van der Waals surface area contributed by atoms with Crippen LogP contribution in [0.3, 0.4) is 0 Å². The molecule has 3 heteroatoms. The van der Waals surface area contributed by atoms with Crippen LogP contribution in [0.25, 0.3) is 0 Å². The van der Waals surface area contributed by atoms with Gasteiger partial charge in [0.1, 0.15) is 11.6 Å². The van der Waals surface area contributed by atoms with Gasteiger partial charge in [-0.15, -0.1) is 0 Å². The molecule has 0 N–H and O–H groups in total. The Bertz CT molecular complexity index is 367. The second-order valence-electron chi connectivity index (χ2n) is 4.29. The summed E-state index contributed by atoms with van der Waals surface area (Å²) in [7, 11) is 1.64. The molecule has 88 valence electrons. The highest BCUT2D eigenvalue weighted by atomic mass is 79.9. The molecular weight excluding hydrogens is 271 g/mol. The molecule has 1 nitrogen and oxygen atoms in total. The summed E-state index contributed by atoms with van der Waals surface area (Å²) in [4.78, 5) is 0.442. The quantitative estimate of drug-likeness (QED) is 0.739. The first-order valence-electron chi connectivity index (χ1n) is 5.70. The van der Waals surface area contributed by atoms with E-state index >= 15 is 0 Å². The van der Waals surface area contributed by atoms with Crippen molar-refractivity contribution in [1.29, 1.82) is 0 Å². The summed E-state index contributed by atoms with van der Waals surface area (Å²) in [5.74, 6) is 0.998. The van der Waals surface area contributed by atoms with Gasteiger partial charge < -0.3 is 4.74 Å². The number of ether oxygens (including phenoxy) is 1. The Kier molecular flexibility index (Phi) is 3.85. The van der Waals surface area contributed by atoms with Crippen molar-refractivity contribution < 1.29 is 9.13 Å². The lowest BCUT2D eigenvalue weighted by molar-refractivity contribution is 0.390. The molecule has 0 aliphatic heterocycles. The maximum absolute atomic E-state index is 13.3. The van der Waals surface area contributed by atoms with Gasteiger partial charge >= 0.3 is 0 Å². The molecule has 0 bridgehead atoms. The summed E-state index contributed by atoms with van der Waals surface area (Å²) >= 11 is 3.70. The highest BCUT2D eigenvalue weighted by Gasteiger charge is 2.26. The van der Waals surface area contributed by atoms with Crippen molar-refractivity contribution in [2.75, 3.05) is 7.11 Å². The lowest BCUT2D eigenvalue weighted by Gasteiger charge is -2.28. The molecule has 1 aliphatic carbocycles. The Balaban J connectivity index is 2.33. The summed E-state index contributed by atoms with van der Waals surface area (Å²) in [6.45, 7) is 0. The van der Waals surface area contributed by atoms with Crippen LogP contribution >= 0.6 is 15.9 Å². The van der Waals surface area contributed by atoms with Gasteiger partial charge in [-0.2, -0.15) is 0 Å². The van der Waals surface area contributed by atoms with E-state index in [1.54, 1.807) is 19.2 Å². The van der Waals surface area contributed by atoms with Crippen LogP contribution in [0.1, 0.15) is 37.2 Å². The van der Waals surface area contributed by atoms with Crippen molar-refractivity contribution in [3.63, 3.8) is 0 Å². The third-order valence-electron chi connectivity index (χ3n) is 3.27. The number of alkyl halides is 1. The number of hydrogen-bond donors (Lipinski definition) is 0. The predicted molar refractivity (Wildman–Crippen MR) is 66.9 cm³/mol. The van der Waals surface area contributed by atoms with Crippen LogP contribution < -0.4 is 4.74 Å². The van der Waals surface area contributed by atoms with E-state index in [1.807, 2.05) is 0 Å². The summed E-state index contributed by atoms with van der Waals surface area (Å²) in [5, 5.41) is 0. The third-order valence-corrected chi connectivity index (χ3v) is 4.37. The molecule has 0 heterocycles. The molecule has 2 atom stereocenters. The van der Waals surface area contributed by atoms with E-state index in [9.17, 15) is 4.39 Å². The minimum Gasteiger partial charge on any atom is -0.496 e. The van der Waals surface area contributed by atoms with Crippen molar-refractivity contribution in [3.8, 4) is 5.75 Å². The molecule has 1 saturated carbocycles. The normalized spacial score (nSPS) is 25.4. The topological polar surface area (TPSA) is 9.23 Å². The fourth-order valence-corrected chi connectivity index (χ4v) is 3.30. The number of benzene rings is 1. The lowest BCUT2D eigenvalue weighted by atomic mass is 9.83. The van der Waals surface area contributed by atoms with Crippen molar-refractivity contribution in [1.82, 2.24) is 0 Å². The summed E-state index contributed by atoms with van der Waals surface area (Å²) in [6, 6.07) is 4.79. The minimum atomic E-state index is -0.180. The fourth-order valence-electron chi connectivity index (χ4n) is 2.43. The van der Waals surface area contributed by atoms with E-state index in [1.165, 1.54) is 18.9 Å². The smallest absolute Gasteiger partial charge is 0.123 e. The van der Waals surface area contributed by atoms with Crippen molar-refractivity contribution in [3.05, 3.63) is 29.6 Å². The fraction of sp³-hybridized carbons (Fsp3) is 0.538. The highest BCUT2D eigenvalue weighted by molar-refractivity contribution is 9.09. The van der Waals surface area contributed by atoms with Crippen LogP contribution in [0.5, 0.6) is 5.75 Å². The molecule has 0 aromatic heterocycles. The molecule has 1 aliphatic rings. The molecule has 0 radical (unpaired) electrons. The van der Waals surface area contributed by atoms with Crippen LogP contribution in [-0.2, 0) is 0 Å². The molecule has 0 saturated heterocycles. The van der Waals surface area contributed by atoms with E-state index in [4.69, 9.17) is 4.74 Å². The van der Waals surface area contributed by atoms with Gasteiger partial charge in [-0.25, -0.2) is 4.39 Å². The van der Waals surface area contributed by atoms with E-state index in [-0.39, 0.29) is 5.82 Å². The standard InChI is InChI=1S/C13H16BrFO/c1-16-13-7-6-9(15)8-11(13)10-4-2-3-5-12(10)14/h6-8,10,12H,2-5H2,1H3. The second-order valence-corrected chi connectivity index (χ2v) is 5.47. The highest BCUT2D eigenvalue weighted by Crippen LogP contribution is 2.41. The second kappa shape index (κ2) is 5.17. The van der Waals surface area contributed by atoms with E-state index in [2.05, 4.69) is 15.9 Å². The van der Waals surface area contributed by atoms with Crippen LogP contribution in [-0.4, -0.2) is 11.9 Å². The summed E-state index contributed by atoms with van der Waals surface area (Å²) in [6.07, 6.45) is 4.73. The van der Waals surface area contributed by atoms with E-state index < -0.39 is 0 Å². The Morgan fingerprint density at radius 1 is 1.31 bits per heavy atom. The monoisotopic (exact) mass is 286 g/mol. The van der Waals surface area contributed by atoms with Gasteiger partial charge in [0.25, 0.3) is 0 Å². The first-order chi connectivity index (χ1) is 7.72. The molecule has 0 spiro atoms. The van der Waals surface area contributed by atoms with Gasteiger partial charge in [-0.1, -0.05) is 28.8 Å². The number of methoxy groups -OCH3 is 1. The van der Waals surface area contributed by atoms with Gasteiger partial charge in [0.2, 0.25) is 0 Å². The number of halogens is 2. The predicted octanol–water partition coefficient (Wildman–Crippen LogP) is 4.26. The zero-order valence-corrected chi connectivity index (χ0v) is 11.0. The molecule has 16 heavy (non-hydrogen) atoms. The zero-order chi connectivity index (χ0) is 11.5.